The van der Waals surface area contributed by atoms with Crippen molar-refractivity contribution in [1.82, 2.24) is 4.31 Å². The molecule has 2 rings (SSSR count). The van der Waals surface area contributed by atoms with Gasteiger partial charge in [-0.1, -0.05) is 0 Å². The summed E-state index contributed by atoms with van der Waals surface area (Å²) in [6.07, 6.45) is 2.26. The molecule has 0 spiro atoms. The molecule has 1 fully saturated rings. The van der Waals surface area contributed by atoms with Gasteiger partial charge in [0.05, 0.1) is 11.5 Å². The molecule has 0 radical (unpaired) electrons. The minimum absolute atomic E-state index is 0.0663. The van der Waals surface area contributed by atoms with E-state index < -0.39 is 10.0 Å². The lowest BCUT2D eigenvalue weighted by Gasteiger charge is -2.24. The van der Waals surface area contributed by atoms with Crippen molar-refractivity contribution in [3.8, 4) is 5.75 Å². The Kier molecular flexibility index (Phi) is 4.16. The van der Waals surface area contributed by atoms with Crippen LogP contribution in [0.1, 0.15) is 26.7 Å². The highest BCUT2D eigenvalue weighted by Crippen LogP contribution is 2.36. The fraction of sp³-hybridized carbons (Fsp3) is 0.571. The normalized spacial score (nSPS) is 17.5. The molecule has 1 saturated carbocycles. The first kappa shape index (κ1) is 14.3. The third kappa shape index (κ3) is 3.09. The Morgan fingerprint density at radius 3 is 2.37 bits per heavy atom. The van der Waals surface area contributed by atoms with Gasteiger partial charge in [0.1, 0.15) is 5.75 Å². The molecule has 1 aliphatic carbocycles. The Bertz CT molecular complexity index is 520. The molecule has 4 nitrogen and oxygen atoms in total. The molecule has 5 heteroatoms. The summed E-state index contributed by atoms with van der Waals surface area (Å²) in [7, 11) is -1.74. The largest absolute Gasteiger partial charge is 0.494 e. The summed E-state index contributed by atoms with van der Waals surface area (Å²) < 4.78 is 31.7. The number of hydrogen-bond acceptors (Lipinski definition) is 3. The van der Waals surface area contributed by atoms with Crippen LogP contribution < -0.4 is 4.74 Å². The van der Waals surface area contributed by atoms with E-state index in [1.165, 1.54) is 4.31 Å². The van der Waals surface area contributed by atoms with Crippen molar-refractivity contribution in [3.63, 3.8) is 0 Å². The second-order valence-corrected chi connectivity index (χ2v) is 7.00. The topological polar surface area (TPSA) is 46.6 Å². The van der Waals surface area contributed by atoms with Gasteiger partial charge in [0, 0.05) is 13.1 Å². The van der Waals surface area contributed by atoms with E-state index in [1.54, 1.807) is 31.3 Å². The fourth-order valence-electron chi connectivity index (χ4n) is 2.14. The highest BCUT2D eigenvalue weighted by atomic mass is 32.2. The quantitative estimate of drug-likeness (QED) is 0.806. The van der Waals surface area contributed by atoms with E-state index in [9.17, 15) is 8.42 Å². The number of sulfonamides is 1. The van der Waals surface area contributed by atoms with Gasteiger partial charge < -0.3 is 4.74 Å². The van der Waals surface area contributed by atoms with Gasteiger partial charge in [0.15, 0.2) is 0 Å². The lowest BCUT2D eigenvalue weighted by Crippen LogP contribution is -2.36. The molecule has 0 N–H and O–H groups in total. The lowest BCUT2D eigenvalue weighted by atomic mass is 10.2. The average Bonchev–Trinajstić information content (AvgIpc) is 3.22. The van der Waals surface area contributed by atoms with E-state index >= 15 is 0 Å². The molecule has 1 atom stereocenters. The zero-order valence-electron chi connectivity index (χ0n) is 11.7. The van der Waals surface area contributed by atoms with Crippen LogP contribution in [0.4, 0.5) is 0 Å². The molecule has 1 aliphatic rings. The van der Waals surface area contributed by atoms with Crippen molar-refractivity contribution in [2.45, 2.75) is 37.6 Å². The Hall–Kier alpha value is -1.07. The Morgan fingerprint density at radius 1 is 1.32 bits per heavy atom. The Morgan fingerprint density at radius 2 is 1.89 bits per heavy atom. The minimum Gasteiger partial charge on any atom is -0.494 e. The van der Waals surface area contributed by atoms with E-state index in [4.69, 9.17) is 4.74 Å². The van der Waals surface area contributed by atoms with Crippen molar-refractivity contribution in [1.29, 1.82) is 0 Å². The lowest BCUT2D eigenvalue weighted by molar-refractivity contribution is 0.339. The molecule has 0 heterocycles. The van der Waals surface area contributed by atoms with Crippen molar-refractivity contribution in [3.05, 3.63) is 24.3 Å². The maximum absolute atomic E-state index is 12.5. The molecule has 0 aromatic heterocycles. The fourth-order valence-corrected chi connectivity index (χ4v) is 3.56. The van der Waals surface area contributed by atoms with Crippen LogP contribution in [0.5, 0.6) is 5.75 Å². The third-order valence-corrected chi connectivity index (χ3v) is 5.65. The van der Waals surface area contributed by atoms with Crippen molar-refractivity contribution in [2.75, 3.05) is 13.7 Å². The zero-order valence-corrected chi connectivity index (χ0v) is 12.5. The molecule has 1 aromatic carbocycles. The first-order valence-electron chi connectivity index (χ1n) is 6.67. The first-order chi connectivity index (χ1) is 8.96. The summed E-state index contributed by atoms with van der Waals surface area (Å²) in [5.74, 6) is 1.21. The van der Waals surface area contributed by atoms with Gasteiger partial charge in [0.25, 0.3) is 0 Å². The van der Waals surface area contributed by atoms with Gasteiger partial charge in [-0.05, 0) is 56.9 Å². The number of ether oxygens (including phenoxy) is 1. The minimum atomic E-state index is -3.40. The molecule has 19 heavy (non-hydrogen) atoms. The smallest absolute Gasteiger partial charge is 0.243 e. The molecule has 0 saturated heterocycles. The number of hydrogen-bond donors (Lipinski definition) is 0. The second-order valence-electron chi connectivity index (χ2n) is 5.00. The van der Waals surface area contributed by atoms with Gasteiger partial charge in [-0.3, -0.25) is 0 Å². The van der Waals surface area contributed by atoms with E-state index in [1.807, 2.05) is 13.8 Å². The van der Waals surface area contributed by atoms with Gasteiger partial charge in [-0.25, -0.2) is 8.42 Å². The summed E-state index contributed by atoms with van der Waals surface area (Å²) in [6, 6.07) is 6.68. The number of nitrogens with zero attached hydrogens (tertiary/aromatic N) is 1. The summed E-state index contributed by atoms with van der Waals surface area (Å²) in [5, 5.41) is 0. The van der Waals surface area contributed by atoms with Gasteiger partial charge in [0.2, 0.25) is 10.0 Å². The van der Waals surface area contributed by atoms with Gasteiger partial charge >= 0.3 is 0 Å². The number of rotatable bonds is 6. The van der Waals surface area contributed by atoms with Crippen LogP contribution in [0.3, 0.4) is 0 Å². The van der Waals surface area contributed by atoms with Gasteiger partial charge in [-0.2, -0.15) is 4.31 Å². The third-order valence-electron chi connectivity index (χ3n) is 3.69. The van der Waals surface area contributed by atoms with Crippen LogP contribution in [0.15, 0.2) is 29.2 Å². The predicted molar refractivity (Wildman–Crippen MR) is 74.7 cm³/mol. The van der Waals surface area contributed by atoms with Crippen LogP contribution in [-0.2, 0) is 10.0 Å². The van der Waals surface area contributed by atoms with Crippen LogP contribution in [-0.4, -0.2) is 32.4 Å². The SMILES string of the molecule is CCOc1ccc(S(=O)(=O)N(C)C(C)C2CC2)cc1. The highest BCUT2D eigenvalue weighted by molar-refractivity contribution is 7.89. The molecule has 0 amide bonds. The second kappa shape index (κ2) is 5.51. The van der Waals surface area contributed by atoms with E-state index in [0.29, 0.717) is 23.2 Å². The van der Waals surface area contributed by atoms with Crippen molar-refractivity contribution >= 4 is 10.0 Å². The molecular weight excluding hydrogens is 262 g/mol. The summed E-state index contributed by atoms with van der Waals surface area (Å²) >= 11 is 0. The van der Waals surface area contributed by atoms with Crippen LogP contribution in [0, 0.1) is 5.92 Å². The Balaban J connectivity index is 2.18. The van der Waals surface area contributed by atoms with Gasteiger partial charge in [-0.15, -0.1) is 0 Å². The highest BCUT2D eigenvalue weighted by Gasteiger charge is 2.35. The summed E-state index contributed by atoms with van der Waals surface area (Å²) in [4.78, 5) is 0.325. The van der Waals surface area contributed by atoms with E-state index in [0.717, 1.165) is 12.8 Å². The van der Waals surface area contributed by atoms with E-state index in [2.05, 4.69) is 0 Å². The maximum Gasteiger partial charge on any atom is 0.243 e. The van der Waals surface area contributed by atoms with Crippen molar-refractivity contribution in [2.24, 2.45) is 5.92 Å². The standard InChI is InChI=1S/C14H21NO3S/c1-4-18-13-7-9-14(10-8-13)19(16,17)15(3)11(2)12-5-6-12/h7-12H,4-6H2,1-3H3. The molecular formula is C14H21NO3S. The predicted octanol–water partition coefficient (Wildman–Crippen LogP) is 2.50. The maximum atomic E-state index is 12.5. The molecule has 1 aromatic rings. The summed E-state index contributed by atoms with van der Waals surface area (Å²) in [6.45, 7) is 4.45. The molecule has 1 unspecified atom stereocenters. The molecule has 0 aliphatic heterocycles. The average molecular weight is 283 g/mol. The summed E-state index contributed by atoms with van der Waals surface area (Å²) in [5.41, 5.74) is 0. The Labute approximate surface area is 115 Å². The van der Waals surface area contributed by atoms with Crippen LogP contribution in [0.25, 0.3) is 0 Å². The first-order valence-corrected chi connectivity index (χ1v) is 8.11. The van der Waals surface area contributed by atoms with Crippen LogP contribution in [0.2, 0.25) is 0 Å². The zero-order chi connectivity index (χ0) is 14.0. The monoisotopic (exact) mass is 283 g/mol. The molecule has 0 bridgehead atoms. The molecule has 106 valence electrons. The number of benzene rings is 1. The van der Waals surface area contributed by atoms with Crippen LogP contribution >= 0.6 is 0 Å². The van der Waals surface area contributed by atoms with E-state index in [-0.39, 0.29) is 6.04 Å². The van der Waals surface area contributed by atoms with Crippen molar-refractivity contribution < 1.29 is 13.2 Å².